The quantitative estimate of drug-likeness (QED) is 0.554. The van der Waals surface area contributed by atoms with E-state index in [0.29, 0.717) is 18.8 Å². The minimum atomic E-state index is -0.234. The number of amides is 1. The smallest absolute Gasteiger partial charge is 0.287 e. The lowest BCUT2D eigenvalue weighted by Crippen LogP contribution is -2.23. The molecule has 0 fully saturated rings. The number of rotatable bonds is 5. The molecule has 0 aromatic carbocycles. The van der Waals surface area contributed by atoms with Crippen molar-refractivity contribution in [1.82, 2.24) is 29.9 Å². The zero-order valence-corrected chi connectivity index (χ0v) is 16.9. The summed E-state index contributed by atoms with van der Waals surface area (Å²) in [5.41, 5.74) is 5.60. The van der Waals surface area contributed by atoms with Crippen LogP contribution in [0, 0.1) is 6.92 Å². The van der Waals surface area contributed by atoms with Gasteiger partial charge in [-0.1, -0.05) is 6.07 Å². The molecule has 0 bridgehead atoms. The van der Waals surface area contributed by atoms with Crippen LogP contribution in [0.3, 0.4) is 0 Å². The topological polar surface area (TPSA) is 90.8 Å². The lowest BCUT2D eigenvalue weighted by atomic mass is 9.93. The summed E-state index contributed by atoms with van der Waals surface area (Å²) >= 11 is 0. The molecule has 0 unspecified atom stereocenters. The molecule has 1 aliphatic carbocycles. The summed E-state index contributed by atoms with van der Waals surface area (Å²) in [6.07, 6.45) is 7.30. The third-order valence-corrected chi connectivity index (χ3v) is 5.37. The van der Waals surface area contributed by atoms with Gasteiger partial charge in [0.2, 0.25) is 0 Å². The molecule has 4 aromatic heterocycles. The molecule has 8 heteroatoms. The van der Waals surface area contributed by atoms with E-state index in [1.165, 1.54) is 5.56 Å². The van der Waals surface area contributed by atoms with E-state index in [0.717, 1.165) is 46.8 Å². The Labute approximate surface area is 173 Å². The number of furan rings is 1. The Morgan fingerprint density at radius 2 is 2.10 bits per heavy atom. The van der Waals surface area contributed by atoms with Crippen molar-refractivity contribution in [3.8, 4) is 11.3 Å². The summed E-state index contributed by atoms with van der Waals surface area (Å²) < 4.78 is 9.60. The number of carbonyl (C=O) groups excluding carboxylic acids is 1. The summed E-state index contributed by atoms with van der Waals surface area (Å²) in [7, 11) is 1.85. The van der Waals surface area contributed by atoms with E-state index >= 15 is 0 Å². The van der Waals surface area contributed by atoms with Gasteiger partial charge in [0.05, 0.1) is 30.2 Å². The maximum atomic E-state index is 12.7. The molecule has 1 amide bonds. The van der Waals surface area contributed by atoms with Crippen molar-refractivity contribution < 1.29 is 9.21 Å². The number of hydrogen-bond donors (Lipinski definition) is 1. The first-order valence-electron chi connectivity index (χ1n) is 9.94. The Balaban J connectivity index is 1.40. The molecule has 0 saturated heterocycles. The SMILES string of the molecule is Cc1c(C(=O)NCc2ccn(C)n2)oc2c1-c1nn(Cc3ccccn3)cc1CC2. The molecule has 1 aliphatic rings. The Bertz CT molecular complexity index is 1220. The summed E-state index contributed by atoms with van der Waals surface area (Å²) in [6.45, 7) is 2.89. The van der Waals surface area contributed by atoms with Gasteiger partial charge in [-0.05, 0) is 37.1 Å². The van der Waals surface area contributed by atoms with Gasteiger partial charge < -0.3 is 9.73 Å². The highest BCUT2D eigenvalue weighted by molar-refractivity contribution is 5.95. The highest BCUT2D eigenvalue weighted by atomic mass is 16.4. The second-order valence-corrected chi connectivity index (χ2v) is 7.54. The van der Waals surface area contributed by atoms with Gasteiger partial charge in [-0.15, -0.1) is 0 Å². The fraction of sp³-hybridized carbons (Fsp3) is 0.273. The van der Waals surface area contributed by atoms with Crippen molar-refractivity contribution in [2.75, 3.05) is 0 Å². The predicted molar refractivity (Wildman–Crippen MR) is 110 cm³/mol. The van der Waals surface area contributed by atoms with Gasteiger partial charge in [-0.3, -0.25) is 19.1 Å². The van der Waals surface area contributed by atoms with E-state index in [-0.39, 0.29) is 5.91 Å². The second-order valence-electron chi connectivity index (χ2n) is 7.54. The number of nitrogens with zero attached hydrogens (tertiary/aromatic N) is 5. The van der Waals surface area contributed by atoms with Crippen molar-refractivity contribution >= 4 is 5.91 Å². The van der Waals surface area contributed by atoms with E-state index in [1.54, 1.807) is 10.9 Å². The highest BCUT2D eigenvalue weighted by Gasteiger charge is 2.29. The van der Waals surface area contributed by atoms with Crippen molar-refractivity contribution in [2.24, 2.45) is 7.05 Å². The lowest BCUT2D eigenvalue weighted by molar-refractivity contribution is 0.0920. The molecule has 0 spiro atoms. The van der Waals surface area contributed by atoms with Crippen molar-refractivity contribution in [2.45, 2.75) is 32.9 Å². The Morgan fingerprint density at radius 3 is 2.87 bits per heavy atom. The van der Waals surface area contributed by atoms with Crippen LogP contribution in [0.15, 0.2) is 47.3 Å². The maximum Gasteiger partial charge on any atom is 0.287 e. The molecule has 4 heterocycles. The van der Waals surface area contributed by atoms with Gasteiger partial charge in [-0.25, -0.2) is 0 Å². The minimum absolute atomic E-state index is 0.234. The van der Waals surface area contributed by atoms with Crippen LogP contribution in [0.4, 0.5) is 0 Å². The van der Waals surface area contributed by atoms with Gasteiger partial charge in [0.15, 0.2) is 5.76 Å². The minimum Gasteiger partial charge on any atom is -0.455 e. The predicted octanol–water partition coefficient (Wildman–Crippen LogP) is 2.66. The maximum absolute atomic E-state index is 12.7. The molecule has 0 atom stereocenters. The molecular weight excluding hydrogens is 380 g/mol. The van der Waals surface area contributed by atoms with Crippen LogP contribution < -0.4 is 5.32 Å². The normalized spacial score (nSPS) is 12.5. The molecular formula is C22H22N6O2. The number of carbonyl (C=O) groups is 1. The van der Waals surface area contributed by atoms with Gasteiger partial charge >= 0.3 is 0 Å². The fourth-order valence-electron chi connectivity index (χ4n) is 3.93. The summed E-state index contributed by atoms with van der Waals surface area (Å²) in [6, 6.07) is 7.74. The van der Waals surface area contributed by atoms with Gasteiger partial charge in [0.25, 0.3) is 5.91 Å². The second kappa shape index (κ2) is 7.29. The van der Waals surface area contributed by atoms with Crippen LogP contribution in [0.2, 0.25) is 0 Å². The number of nitrogens with one attached hydrogen (secondary N) is 1. The molecule has 30 heavy (non-hydrogen) atoms. The average molecular weight is 402 g/mol. The lowest BCUT2D eigenvalue weighted by Gasteiger charge is -2.09. The zero-order chi connectivity index (χ0) is 20.7. The third kappa shape index (κ3) is 3.30. The zero-order valence-electron chi connectivity index (χ0n) is 16.9. The van der Waals surface area contributed by atoms with Crippen LogP contribution in [0.5, 0.6) is 0 Å². The first-order valence-corrected chi connectivity index (χ1v) is 9.94. The van der Waals surface area contributed by atoms with Gasteiger partial charge in [0.1, 0.15) is 5.76 Å². The average Bonchev–Trinajstić information content (AvgIpc) is 3.43. The van der Waals surface area contributed by atoms with Crippen molar-refractivity contribution in [3.05, 3.63) is 76.9 Å². The van der Waals surface area contributed by atoms with Gasteiger partial charge in [0, 0.05) is 43.2 Å². The van der Waals surface area contributed by atoms with Gasteiger partial charge in [-0.2, -0.15) is 10.2 Å². The van der Waals surface area contributed by atoms with E-state index in [1.807, 2.05) is 49.1 Å². The number of pyridine rings is 1. The van der Waals surface area contributed by atoms with Crippen LogP contribution in [-0.4, -0.2) is 30.5 Å². The summed E-state index contributed by atoms with van der Waals surface area (Å²) in [4.78, 5) is 17.1. The number of aromatic nitrogens is 5. The third-order valence-electron chi connectivity index (χ3n) is 5.37. The number of fused-ring (bicyclic) bond motifs is 3. The Kier molecular flexibility index (Phi) is 4.46. The monoisotopic (exact) mass is 402 g/mol. The molecule has 8 nitrogen and oxygen atoms in total. The molecule has 0 aliphatic heterocycles. The molecule has 4 aromatic rings. The number of aryl methyl sites for hydroxylation is 3. The molecule has 0 radical (unpaired) electrons. The van der Waals surface area contributed by atoms with E-state index in [2.05, 4.69) is 21.6 Å². The Morgan fingerprint density at radius 1 is 1.20 bits per heavy atom. The molecule has 152 valence electrons. The summed E-state index contributed by atoms with van der Waals surface area (Å²) in [5, 5.41) is 12.0. The number of hydrogen-bond acceptors (Lipinski definition) is 5. The fourth-order valence-corrected chi connectivity index (χ4v) is 3.93. The van der Waals surface area contributed by atoms with Crippen molar-refractivity contribution in [1.29, 1.82) is 0 Å². The largest absolute Gasteiger partial charge is 0.455 e. The van der Waals surface area contributed by atoms with Crippen LogP contribution in [0.1, 0.15) is 38.8 Å². The van der Waals surface area contributed by atoms with Crippen LogP contribution in [0.25, 0.3) is 11.3 Å². The van der Waals surface area contributed by atoms with E-state index in [4.69, 9.17) is 9.52 Å². The van der Waals surface area contributed by atoms with Crippen molar-refractivity contribution in [3.63, 3.8) is 0 Å². The van der Waals surface area contributed by atoms with E-state index in [9.17, 15) is 4.79 Å². The first-order chi connectivity index (χ1) is 14.6. The van der Waals surface area contributed by atoms with E-state index < -0.39 is 0 Å². The first kappa shape index (κ1) is 18.4. The Hall–Kier alpha value is -3.68. The molecule has 5 rings (SSSR count). The standard InChI is InChI=1S/C22H22N6O2/c1-14-19-18(30-21(14)22(29)24-11-16-8-10-27(2)25-16)7-6-15-12-28(26-20(15)19)13-17-5-3-4-9-23-17/h3-5,8-10,12H,6-7,11,13H2,1-2H3,(H,24,29). The van der Waals surface area contributed by atoms with Crippen LogP contribution in [-0.2, 0) is 33.0 Å². The molecule has 0 saturated carbocycles. The molecule has 1 N–H and O–H groups in total. The highest BCUT2D eigenvalue weighted by Crippen LogP contribution is 2.38. The van der Waals surface area contributed by atoms with Crippen LogP contribution >= 0.6 is 0 Å². The summed E-state index contributed by atoms with van der Waals surface area (Å²) in [5.74, 6) is 0.941.